The molecule has 0 fully saturated rings. The highest BCUT2D eigenvalue weighted by Gasteiger charge is 2.19. The summed E-state index contributed by atoms with van der Waals surface area (Å²) >= 11 is 3.61. The van der Waals surface area contributed by atoms with E-state index in [2.05, 4.69) is 36.8 Å². The van der Waals surface area contributed by atoms with Gasteiger partial charge in [0.05, 0.1) is 32.0 Å². The number of hydrogen-bond acceptors (Lipinski definition) is 0. The van der Waals surface area contributed by atoms with Gasteiger partial charge in [-0.15, -0.1) is 0 Å². The van der Waals surface area contributed by atoms with Crippen LogP contribution in [0.15, 0.2) is 0 Å². The van der Waals surface area contributed by atoms with E-state index >= 15 is 0 Å². The number of hydrogen-bond donors (Lipinski definition) is 0. The van der Waals surface area contributed by atoms with Crippen molar-refractivity contribution >= 4 is 15.9 Å². The zero-order chi connectivity index (χ0) is 13.0. The van der Waals surface area contributed by atoms with Crippen LogP contribution in [0.1, 0.15) is 65.2 Å². The summed E-state index contributed by atoms with van der Waals surface area (Å²) in [5.74, 6) is 0. The van der Waals surface area contributed by atoms with Crippen LogP contribution in [0.4, 0.5) is 0 Å². The van der Waals surface area contributed by atoms with E-state index in [4.69, 9.17) is 0 Å². The van der Waals surface area contributed by atoms with E-state index in [1.807, 2.05) is 0 Å². The molecule has 112 valence electrons. The quantitative estimate of drug-likeness (QED) is 0.289. The molecule has 0 radical (unpaired) electrons. The molecule has 0 rings (SSSR count). The van der Waals surface area contributed by atoms with E-state index in [1.165, 1.54) is 75.5 Å². The zero-order valence-electron chi connectivity index (χ0n) is 12.7. The van der Waals surface area contributed by atoms with E-state index in [9.17, 15) is 0 Å². The minimum absolute atomic E-state index is 0. The lowest BCUT2D eigenvalue weighted by molar-refractivity contribution is -0.907. The third-order valence-corrected chi connectivity index (χ3v) is 4.08. The van der Waals surface area contributed by atoms with Crippen LogP contribution >= 0.6 is 15.9 Å². The molecule has 0 aromatic rings. The van der Waals surface area contributed by atoms with Gasteiger partial charge in [0.2, 0.25) is 0 Å². The Morgan fingerprint density at radius 2 is 1.17 bits per heavy atom. The van der Waals surface area contributed by atoms with Gasteiger partial charge in [0.1, 0.15) is 0 Å². The highest BCUT2D eigenvalue weighted by molar-refractivity contribution is 9.09. The Morgan fingerprint density at radius 1 is 0.722 bits per heavy atom. The number of unbranched alkanes of at least 4 members (excludes halogenated alkanes) is 6. The molecule has 0 bridgehead atoms. The number of halogens is 2. The van der Waals surface area contributed by atoms with Crippen LogP contribution in [0.25, 0.3) is 0 Å². The molecule has 0 atom stereocenters. The number of nitrogens with zero attached hydrogens (tertiary/aromatic N) is 1. The second-order valence-electron chi connectivity index (χ2n) is 5.60. The van der Waals surface area contributed by atoms with E-state index in [1.54, 1.807) is 0 Å². The second-order valence-corrected chi connectivity index (χ2v) is 6.39. The molecule has 0 unspecified atom stereocenters. The number of quaternary nitrogens is 1. The molecule has 0 spiro atoms. The van der Waals surface area contributed by atoms with Gasteiger partial charge in [-0.3, -0.25) is 0 Å². The molecule has 0 aliphatic rings. The molecule has 1 nitrogen and oxygen atoms in total. The predicted octanol–water partition coefficient (Wildman–Crippen LogP) is 1.99. The van der Waals surface area contributed by atoms with Gasteiger partial charge in [0.15, 0.2) is 0 Å². The van der Waals surface area contributed by atoms with Crippen LogP contribution < -0.4 is 12.4 Å². The molecule has 0 amide bonds. The highest BCUT2D eigenvalue weighted by atomic mass is 79.9. The Bertz CT molecular complexity index is 153. The van der Waals surface area contributed by atoms with Crippen molar-refractivity contribution in [1.29, 1.82) is 0 Å². The molecular weight excluding hydrogens is 310 g/mol. The topological polar surface area (TPSA) is 0 Å². The van der Waals surface area contributed by atoms with Crippen molar-refractivity contribution in [3.63, 3.8) is 0 Å². The maximum Gasteiger partial charge on any atom is 0.0883 e. The van der Waals surface area contributed by atoms with Gasteiger partial charge >= 0.3 is 0 Å². The fourth-order valence-electron chi connectivity index (χ4n) is 2.38. The molecule has 0 aromatic heterocycles. The lowest BCUT2D eigenvalue weighted by Crippen LogP contribution is -3.00. The third kappa shape index (κ3) is 11.8. The van der Waals surface area contributed by atoms with Gasteiger partial charge in [0.25, 0.3) is 0 Å². The third-order valence-electron chi connectivity index (χ3n) is 3.73. The average Bonchev–Trinajstić information content (AvgIpc) is 2.31. The maximum atomic E-state index is 3.61. The standard InChI is InChI=1S/C15H33BrN.ClH/c1-4-6-8-10-13-17(3,15-12-16)14-11-9-7-5-2;/h4-15H2,1-3H3;1H/q+1;/p-1. The lowest BCUT2D eigenvalue weighted by Gasteiger charge is -2.34. The Morgan fingerprint density at radius 3 is 1.50 bits per heavy atom. The van der Waals surface area contributed by atoms with Crippen molar-refractivity contribution in [2.24, 2.45) is 0 Å². The van der Waals surface area contributed by atoms with Gasteiger partial charge in [-0.2, -0.15) is 0 Å². The molecular formula is C15H33BrClN. The molecule has 0 aliphatic heterocycles. The van der Waals surface area contributed by atoms with Crippen LogP contribution in [0.5, 0.6) is 0 Å². The summed E-state index contributed by atoms with van der Waals surface area (Å²) in [5, 5.41) is 1.14. The van der Waals surface area contributed by atoms with Crippen LogP contribution in [-0.4, -0.2) is 36.5 Å². The Balaban J connectivity index is 0. The first-order valence-electron chi connectivity index (χ1n) is 7.58. The molecule has 0 heterocycles. The van der Waals surface area contributed by atoms with Crippen molar-refractivity contribution in [3.05, 3.63) is 0 Å². The first-order chi connectivity index (χ1) is 8.18. The summed E-state index contributed by atoms with van der Waals surface area (Å²) in [6, 6.07) is 0. The normalized spacial score (nSPS) is 11.3. The summed E-state index contributed by atoms with van der Waals surface area (Å²) in [6.07, 6.45) is 11.2. The van der Waals surface area contributed by atoms with Crippen LogP contribution in [0, 0.1) is 0 Å². The van der Waals surface area contributed by atoms with E-state index < -0.39 is 0 Å². The second kappa shape index (κ2) is 14.1. The minimum Gasteiger partial charge on any atom is -1.00 e. The molecule has 3 heteroatoms. The van der Waals surface area contributed by atoms with Gasteiger partial charge < -0.3 is 16.9 Å². The van der Waals surface area contributed by atoms with E-state index in [-0.39, 0.29) is 12.4 Å². The molecule has 0 saturated carbocycles. The summed E-state index contributed by atoms with van der Waals surface area (Å²) in [4.78, 5) is 0. The van der Waals surface area contributed by atoms with Gasteiger partial charge in [-0.05, 0) is 25.7 Å². The summed E-state index contributed by atoms with van der Waals surface area (Å²) in [7, 11) is 2.44. The van der Waals surface area contributed by atoms with Crippen molar-refractivity contribution in [3.8, 4) is 0 Å². The van der Waals surface area contributed by atoms with Gasteiger partial charge in [-0.1, -0.05) is 55.5 Å². The Labute approximate surface area is 130 Å². The fourth-order valence-corrected chi connectivity index (χ4v) is 3.24. The maximum absolute atomic E-state index is 3.61. The van der Waals surface area contributed by atoms with Crippen LogP contribution in [-0.2, 0) is 0 Å². The first-order valence-corrected chi connectivity index (χ1v) is 8.70. The largest absolute Gasteiger partial charge is 1.00 e. The van der Waals surface area contributed by atoms with Crippen molar-refractivity contribution in [2.75, 3.05) is 32.0 Å². The summed E-state index contributed by atoms with van der Waals surface area (Å²) < 4.78 is 1.28. The average molecular weight is 343 g/mol. The number of rotatable bonds is 12. The van der Waals surface area contributed by atoms with Gasteiger partial charge in [-0.25, -0.2) is 0 Å². The molecule has 0 aliphatic carbocycles. The SMILES string of the molecule is CCCCCC[N+](C)(CCBr)CCCCCC.[Cl-]. The molecule has 0 aromatic carbocycles. The number of alkyl halides is 1. The highest BCUT2D eigenvalue weighted by Crippen LogP contribution is 2.12. The van der Waals surface area contributed by atoms with Crippen LogP contribution in [0.3, 0.4) is 0 Å². The lowest BCUT2D eigenvalue weighted by atomic mass is 10.1. The molecule has 18 heavy (non-hydrogen) atoms. The van der Waals surface area contributed by atoms with Crippen molar-refractivity contribution < 1.29 is 16.9 Å². The van der Waals surface area contributed by atoms with E-state index in [0.717, 1.165) is 5.33 Å². The monoisotopic (exact) mass is 341 g/mol. The zero-order valence-corrected chi connectivity index (χ0v) is 15.0. The fraction of sp³-hybridized carbons (Fsp3) is 1.00. The molecule has 0 saturated heterocycles. The minimum atomic E-state index is 0. The summed E-state index contributed by atoms with van der Waals surface area (Å²) in [5.41, 5.74) is 0. The molecule has 0 N–H and O–H groups in total. The van der Waals surface area contributed by atoms with Gasteiger partial charge in [0, 0.05) is 0 Å². The predicted molar refractivity (Wildman–Crippen MR) is 82.9 cm³/mol. The van der Waals surface area contributed by atoms with Crippen LogP contribution in [0.2, 0.25) is 0 Å². The summed E-state index contributed by atoms with van der Waals surface area (Å²) in [6.45, 7) is 8.61. The smallest absolute Gasteiger partial charge is 0.0883 e. The van der Waals surface area contributed by atoms with Crippen molar-refractivity contribution in [2.45, 2.75) is 65.2 Å². The van der Waals surface area contributed by atoms with Crippen molar-refractivity contribution in [1.82, 2.24) is 0 Å². The van der Waals surface area contributed by atoms with E-state index in [0.29, 0.717) is 0 Å². The Kier molecular flexibility index (Phi) is 16.5. The Hall–Kier alpha value is 0.730. The first kappa shape index (κ1) is 21.0.